The van der Waals surface area contributed by atoms with Crippen LogP contribution in [0.1, 0.15) is 34.0 Å². The highest BCUT2D eigenvalue weighted by atomic mass is 16.2. The number of pyridine rings is 1. The fourth-order valence-electron chi connectivity index (χ4n) is 3.66. The molecule has 0 aromatic carbocycles. The van der Waals surface area contributed by atoms with Gasteiger partial charge in [-0.25, -0.2) is 9.50 Å². The number of hydrogen-bond donors (Lipinski definition) is 0. The Morgan fingerprint density at radius 1 is 1.00 bits per heavy atom. The summed E-state index contributed by atoms with van der Waals surface area (Å²) in [7, 11) is 0. The highest BCUT2D eigenvalue weighted by Crippen LogP contribution is 2.18. The summed E-state index contributed by atoms with van der Waals surface area (Å²) in [6, 6.07) is 7.88. The quantitative estimate of drug-likeness (QED) is 0.699. The minimum absolute atomic E-state index is 0.0229. The van der Waals surface area contributed by atoms with Crippen LogP contribution in [0.5, 0.6) is 0 Å². The highest BCUT2D eigenvalue weighted by molar-refractivity contribution is 5.93. The Kier molecular flexibility index (Phi) is 4.51. The second-order valence-corrected chi connectivity index (χ2v) is 7.13. The molecular weight excluding hydrogens is 340 g/mol. The molecule has 0 N–H and O–H groups in total. The van der Waals surface area contributed by atoms with E-state index in [1.807, 2.05) is 44.0 Å². The molecule has 0 aliphatic carbocycles. The molecule has 0 spiro atoms. The molecule has 1 amide bonds. The number of fused-ring (bicyclic) bond motifs is 1. The lowest BCUT2D eigenvalue weighted by Crippen LogP contribution is -2.35. The van der Waals surface area contributed by atoms with Gasteiger partial charge in [-0.3, -0.25) is 9.78 Å². The molecule has 4 rings (SSSR count). The van der Waals surface area contributed by atoms with Crippen LogP contribution in [0, 0.1) is 20.8 Å². The summed E-state index contributed by atoms with van der Waals surface area (Å²) in [5.74, 6) is -0.0229. The first kappa shape index (κ1) is 17.5. The zero-order chi connectivity index (χ0) is 19.0. The van der Waals surface area contributed by atoms with Crippen LogP contribution in [-0.2, 0) is 0 Å². The summed E-state index contributed by atoms with van der Waals surface area (Å²) in [6.45, 7) is 9.07. The SMILES string of the molecule is Cc1cc(N2CCCN(C(=O)c3cc4nc(C)cc(C)n4n3)CC2)ccn1. The summed E-state index contributed by atoms with van der Waals surface area (Å²) < 4.78 is 1.74. The molecule has 0 radical (unpaired) electrons. The maximum Gasteiger partial charge on any atom is 0.274 e. The van der Waals surface area contributed by atoms with Gasteiger partial charge in [0, 0.05) is 61.2 Å². The van der Waals surface area contributed by atoms with Crippen molar-refractivity contribution in [3.63, 3.8) is 0 Å². The standard InChI is InChI=1S/C20H24N6O/c1-14-12-17(5-6-21-14)24-7-4-8-25(10-9-24)20(27)18-13-19-22-15(2)11-16(3)26(19)23-18/h5-6,11-13H,4,7-10H2,1-3H3. The first-order valence-electron chi connectivity index (χ1n) is 9.32. The van der Waals surface area contributed by atoms with Gasteiger partial charge in [0.15, 0.2) is 11.3 Å². The molecule has 7 heteroatoms. The van der Waals surface area contributed by atoms with Gasteiger partial charge in [-0.1, -0.05) is 0 Å². The topological polar surface area (TPSA) is 66.6 Å². The maximum atomic E-state index is 13.0. The number of carbonyl (C=O) groups excluding carboxylic acids is 1. The van der Waals surface area contributed by atoms with Crippen molar-refractivity contribution >= 4 is 17.2 Å². The van der Waals surface area contributed by atoms with Crippen molar-refractivity contribution in [2.24, 2.45) is 0 Å². The van der Waals surface area contributed by atoms with E-state index in [2.05, 4.69) is 26.0 Å². The number of rotatable bonds is 2. The summed E-state index contributed by atoms with van der Waals surface area (Å²) in [5.41, 5.74) is 5.26. The van der Waals surface area contributed by atoms with Gasteiger partial charge < -0.3 is 9.80 Å². The predicted octanol–water partition coefficient (Wildman–Crippen LogP) is 2.40. The Bertz CT molecular complexity index is 995. The molecule has 1 fully saturated rings. The fraction of sp³-hybridized carbons (Fsp3) is 0.400. The van der Waals surface area contributed by atoms with Gasteiger partial charge >= 0.3 is 0 Å². The van der Waals surface area contributed by atoms with Gasteiger partial charge in [-0.15, -0.1) is 0 Å². The van der Waals surface area contributed by atoms with Crippen molar-refractivity contribution in [3.8, 4) is 0 Å². The van der Waals surface area contributed by atoms with Crippen LogP contribution in [0.25, 0.3) is 5.65 Å². The number of carbonyl (C=O) groups is 1. The Morgan fingerprint density at radius 2 is 1.85 bits per heavy atom. The first-order valence-corrected chi connectivity index (χ1v) is 9.32. The number of amides is 1. The number of nitrogens with zero attached hydrogens (tertiary/aromatic N) is 6. The van der Waals surface area contributed by atoms with E-state index in [-0.39, 0.29) is 5.91 Å². The Labute approximate surface area is 158 Å². The van der Waals surface area contributed by atoms with E-state index >= 15 is 0 Å². The Morgan fingerprint density at radius 3 is 2.67 bits per heavy atom. The zero-order valence-electron chi connectivity index (χ0n) is 16.0. The molecular formula is C20H24N6O. The zero-order valence-corrected chi connectivity index (χ0v) is 16.0. The largest absolute Gasteiger partial charge is 0.370 e. The van der Waals surface area contributed by atoms with Crippen molar-refractivity contribution in [1.82, 2.24) is 24.5 Å². The van der Waals surface area contributed by atoms with Gasteiger partial charge in [0.05, 0.1) is 0 Å². The van der Waals surface area contributed by atoms with Crippen LogP contribution in [0.4, 0.5) is 5.69 Å². The van der Waals surface area contributed by atoms with Crippen LogP contribution in [0.3, 0.4) is 0 Å². The lowest BCUT2D eigenvalue weighted by atomic mass is 10.3. The van der Waals surface area contributed by atoms with Gasteiger partial charge in [-0.05, 0) is 45.4 Å². The van der Waals surface area contributed by atoms with Crippen LogP contribution in [0.15, 0.2) is 30.5 Å². The summed E-state index contributed by atoms with van der Waals surface area (Å²) in [4.78, 5) is 26.0. The van der Waals surface area contributed by atoms with E-state index < -0.39 is 0 Å². The molecule has 0 saturated carbocycles. The van der Waals surface area contributed by atoms with Crippen LogP contribution in [-0.4, -0.2) is 56.6 Å². The predicted molar refractivity (Wildman–Crippen MR) is 104 cm³/mol. The minimum Gasteiger partial charge on any atom is -0.370 e. The van der Waals surface area contributed by atoms with E-state index in [0.29, 0.717) is 12.2 Å². The van der Waals surface area contributed by atoms with E-state index in [1.54, 1.807) is 10.6 Å². The third kappa shape index (κ3) is 3.49. The van der Waals surface area contributed by atoms with Crippen molar-refractivity contribution in [1.29, 1.82) is 0 Å². The van der Waals surface area contributed by atoms with Crippen molar-refractivity contribution < 1.29 is 4.79 Å². The molecule has 140 valence electrons. The number of anilines is 1. The summed E-state index contributed by atoms with van der Waals surface area (Å²) in [6.07, 6.45) is 2.77. The second kappa shape index (κ2) is 6.98. The summed E-state index contributed by atoms with van der Waals surface area (Å²) >= 11 is 0. The number of hydrogen-bond acceptors (Lipinski definition) is 5. The lowest BCUT2D eigenvalue weighted by molar-refractivity contribution is 0.0761. The van der Waals surface area contributed by atoms with E-state index in [1.165, 1.54) is 5.69 Å². The van der Waals surface area contributed by atoms with Crippen molar-refractivity contribution in [2.45, 2.75) is 27.2 Å². The third-order valence-electron chi connectivity index (χ3n) is 4.98. The molecule has 1 saturated heterocycles. The van der Waals surface area contributed by atoms with Gasteiger partial charge in [0.1, 0.15) is 0 Å². The monoisotopic (exact) mass is 364 g/mol. The first-order chi connectivity index (χ1) is 13.0. The number of aryl methyl sites for hydroxylation is 3. The average molecular weight is 364 g/mol. The molecule has 4 heterocycles. The molecule has 1 aliphatic heterocycles. The van der Waals surface area contributed by atoms with E-state index in [4.69, 9.17) is 0 Å². The minimum atomic E-state index is -0.0229. The van der Waals surface area contributed by atoms with E-state index in [0.717, 1.165) is 48.8 Å². The molecule has 0 atom stereocenters. The second-order valence-electron chi connectivity index (χ2n) is 7.13. The highest BCUT2D eigenvalue weighted by Gasteiger charge is 2.23. The van der Waals surface area contributed by atoms with Gasteiger partial charge in [-0.2, -0.15) is 5.10 Å². The fourth-order valence-corrected chi connectivity index (χ4v) is 3.66. The smallest absolute Gasteiger partial charge is 0.274 e. The molecule has 27 heavy (non-hydrogen) atoms. The average Bonchev–Trinajstić information content (AvgIpc) is 2.91. The van der Waals surface area contributed by atoms with Crippen LogP contribution < -0.4 is 4.90 Å². The third-order valence-corrected chi connectivity index (χ3v) is 4.98. The van der Waals surface area contributed by atoms with Gasteiger partial charge in [0.2, 0.25) is 0 Å². The van der Waals surface area contributed by atoms with Crippen LogP contribution in [0.2, 0.25) is 0 Å². The van der Waals surface area contributed by atoms with Crippen LogP contribution >= 0.6 is 0 Å². The summed E-state index contributed by atoms with van der Waals surface area (Å²) in [5, 5.41) is 4.49. The lowest BCUT2D eigenvalue weighted by Gasteiger charge is -2.23. The molecule has 1 aliphatic rings. The molecule has 3 aromatic heterocycles. The molecule has 0 unspecified atom stereocenters. The number of aromatic nitrogens is 4. The Hall–Kier alpha value is -2.96. The van der Waals surface area contributed by atoms with Gasteiger partial charge in [0.25, 0.3) is 5.91 Å². The molecule has 0 bridgehead atoms. The molecule has 3 aromatic rings. The molecule has 7 nitrogen and oxygen atoms in total. The Balaban J connectivity index is 1.52. The van der Waals surface area contributed by atoms with E-state index in [9.17, 15) is 4.79 Å². The maximum absolute atomic E-state index is 13.0. The van der Waals surface area contributed by atoms with Crippen molar-refractivity contribution in [2.75, 3.05) is 31.1 Å². The van der Waals surface area contributed by atoms with Crippen molar-refractivity contribution in [3.05, 3.63) is 53.2 Å². The normalized spacial score (nSPS) is 15.2.